The Morgan fingerprint density at radius 3 is 1.11 bits per heavy atom. The number of rotatable bonds is 4. The summed E-state index contributed by atoms with van der Waals surface area (Å²) in [4.78, 5) is 37.2. The normalized spacial score (nSPS) is 9.63. The van der Waals surface area contributed by atoms with Gasteiger partial charge in [-0.3, -0.25) is 0 Å². The van der Waals surface area contributed by atoms with Gasteiger partial charge in [0.15, 0.2) is 0 Å². The van der Waals surface area contributed by atoms with Crippen LogP contribution in [0.3, 0.4) is 0 Å². The van der Waals surface area contributed by atoms with Crippen LogP contribution in [0.4, 0.5) is 0 Å². The van der Waals surface area contributed by atoms with E-state index in [1.807, 2.05) is 0 Å². The second-order valence-electron chi connectivity index (χ2n) is 4.57. The fraction of sp³-hybridized carbons (Fsp3) is 0.500. The molecule has 0 bridgehead atoms. The van der Waals surface area contributed by atoms with E-state index in [0.29, 0.717) is 13.2 Å². The first-order valence-corrected chi connectivity index (χ1v) is 9.75. The Balaban J connectivity index is -0.0000000428. The van der Waals surface area contributed by atoms with Crippen molar-refractivity contribution in [2.24, 2.45) is 0 Å². The molecule has 27 heavy (non-hydrogen) atoms. The molecule has 0 aliphatic carbocycles. The molecule has 0 aromatic heterocycles. The van der Waals surface area contributed by atoms with E-state index in [4.69, 9.17) is 19.8 Å². The number of hydrogen-bond acceptors (Lipinski definition) is 8. The maximum Gasteiger partial charge on any atom is 0.334 e. The van der Waals surface area contributed by atoms with E-state index in [1.165, 1.54) is 26.9 Å². The molecule has 0 amide bonds. The Kier molecular flexibility index (Phi) is 46.7. The van der Waals surface area contributed by atoms with Gasteiger partial charge in [0.2, 0.25) is 0 Å². The van der Waals surface area contributed by atoms with Crippen LogP contribution in [0.1, 0.15) is 27.7 Å². The van der Waals surface area contributed by atoms with E-state index in [2.05, 4.69) is 9.47 Å². The van der Waals surface area contributed by atoms with Gasteiger partial charge >= 0.3 is 20.5 Å². The van der Waals surface area contributed by atoms with Crippen molar-refractivity contribution in [3.63, 3.8) is 0 Å². The van der Waals surface area contributed by atoms with Crippen molar-refractivity contribution in [3.05, 3.63) is 38.5 Å². The van der Waals surface area contributed by atoms with E-state index < -0.39 is 20.5 Å². The van der Waals surface area contributed by atoms with Crippen LogP contribution in [0.2, 0.25) is 13.1 Å². The summed E-state index contributed by atoms with van der Waals surface area (Å²) in [5.41, 5.74) is 0. The zero-order valence-electron chi connectivity index (χ0n) is 17.5. The number of esters is 2. The summed E-state index contributed by atoms with van der Waals surface area (Å²) in [5, 5.41) is 17.0. The molecule has 0 spiro atoms. The predicted molar refractivity (Wildman–Crippen MR) is 101 cm³/mol. The van der Waals surface area contributed by atoms with Crippen LogP contribution < -0.4 is 0 Å². The van der Waals surface area contributed by atoms with Crippen molar-refractivity contribution in [1.29, 1.82) is 0 Å². The number of carbonyl (C=O) groups is 2. The molecular formula is C16H34O8SiTi2-2. The molecule has 0 rings (SSSR count). The predicted octanol–water partition coefficient (Wildman–Crippen LogP) is 2.59. The first kappa shape index (κ1) is 45.4. The van der Waals surface area contributed by atoms with E-state index in [9.17, 15) is 9.59 Å². The molecule has 0 aromatic rings. The average molecular weight is 478 g/mol. The fourth-order valence-corrected chi connectivity index (χ4v) is 0.709. The van der Waals surface area contributed by atoms with E-state index >= 15 is 0 Å². The molecule has 0 fully saturated rings. The number of ether oxygens (including phenoxy) is 2. The molecule has 0 atom stereocenters. The molecule has 0 aromatic carbocycles. The van der Waals surface area contributed by atoms with Crippen LogP contribution in [0.5, 0.6) is 0 Å². The molecule has 0 aliphatic rings. The minimum Gasteiger partial charge on any atom is -0.512 e. The number of aliphatic hydroxyl groups is 2. The molecule has 11 heteroatoms. The van der Waals surface area contributed by atoms with Gasteiger partial charge < -0.3 is 44.1 Å². The van der Waals surface area contributed by atoms with E-state index in [1.54, 1.807) is 13.8 Å². The third-order valence-corrected chi connectivity index (χ3v) is 1.23. The molecule has 4 N–H and O–H groups in total. The van der Waals surface area contributed by atoms with Crippen molar-refractivity contribution in [2.75, 3.05) is 13.2 Å². The number of hydrogen-bond donors (Lipinski definition) is 4. The molecule has 0 saturated carbocycles. The molecule has 8 nitrogen and oxygen atoms in total. The van der Waals surface area contributed by atoms with Crippen LogP contribution in [0.15, 0.2) is 23.7 Å². The summed E-state index contributed by atoms with van der Waals surface area (Å²) in [6.07, 6.45) is 2.06. The largest absolute Gasteiger partial charge is 0.512 e. The van der Waals surface area contributed by atoms with Gasteiger partial charge in [-0.2, -0.15) is 0 Å². The van der Waals surface area contributed by atoms with E-state index in [-0.39, 0.29) is 69.8 Å². The molecule has 0 saturated heterocycles. The van der Waals surface area contributed by atoms with Crippen molar-refractivity contribution in [3.8, 4) is 0 Å². The van der Waals surface area contributed by atoms with E-state index in [0.717, 1.165) is 12.2 Å². The van der Waals surface area contributed by atoms with Crippen molar-refractivity contribution < 1.29 is 82.3 Å². The van der Waals surface area contributed by atoms with Crippen molar-refractivity contribution in [1.82, 2.24) is 0 Å². The number of carbonyl (C=O) groups excluding carboxylic acids is 2. The van der Waals surface area contributed by atoms with Gasteiger partial charge in [0, 0.05) is 43.4 Å². The SMILES string of the molecule is CCOC(=O)C=C(C)O.CCOC(=O)C=C(C)O.C[Si](C)(O)O.[CH3-].[CH3-].[Ti].[Ti]. The van der Waals surface area contributed by atoms with Crippen LogP contribution >= 0.6 is 0 Å². The van der Waals surface area contributed by atoms with Crippen LogP contribution in [-0.2, 0) is 62.5 Å². The topological polar surface area (TPSA) is 134 Å². The summed E-state index contributed by atoms with van der Waals surface area (Å²) in [7, 11) is -2.61. The summed E-state index contributed by atoms with van der Waals surface area (Å²) in [6.45, 7) is 9.79. The maximum atomic E-state index is 10.4. The fourth-order valence-electron chi connectivity index (χ4n) is 0.709. The van der Waals surface area contributed by atoms with Crippen LogP contribution in [0.25, 0.3) is 0 Å². The molecule has 0 unspecified atom stereocenters. The van der Waals surface area contributed by atoms with Crippen LogP contribution in [0, 0.1) is 14.9 Å². The van der Waals surface area contributed by atoms with Gasteiger partial charge in [0.1, 0.15) is 0 Å². The summed E-state index contributed by atoms with van der Waals surface area (Å²) < 4.78 is 8.95. The summed E-state index contributed by atoms with van der Waals surface area (Å²) in [6, 6.07) is 0. The van der Waals surface area contributed by atoms with Crippen molar-refractivity contribution in [2.45, 2.75) is 40.8 Å². The minimum atomic E-state index is -2.61. The number of aliphatic hydroxyl groups excluding tert-OH is 2. The smallest absolute Gasteiger partial charge is 0.334 e. The monoisotopic (exact) mass is 478 g/mol. The Labute approximate surface area is 194 Å². The second-order valence-corrected chi connectivity index (χ2v) is 7.56. The average Bonchev–Trinajstić information content (AvgIpc) is 2.25. The molecule has 0 aliphatic heterocycles. The minimum absolute atomic E-state index is 0. The van der Waals surface area contributed by atoms with Gasteiger partial charge in [-0.25, -0.2) is 9.59 Å². The molecule has 0 heterocycles. The van der Waals surface area contributed by atoms with Gasteiger partial charge in [-0.1, -0.05) is 0 Å². The van der Waals surface area contributed by atoms with Gasteiger partial charge in [-0.15, -0.1) is 0 Å². The van der Waals surface area contributed by atoms with Gasteiger partial charge in [0.25, 0.3) is 0 Å². The zero-order chi connectivity index (χ0) is 19.1. The Morgan fingerprint density at radius 2 is 1.00 bits per heavy atom. The molecule has 0 radical (unpaired) electrons. The van der Waals surface area contributed by atoms with Gasteiger partial charge in [-0.05, 0) is 40.8 Å². The third-order valence-electron chi connectivity index (χ3n) is 1.23. The Hall–Kier alpha value is -0.415. The zero-order valence-corrected chi connectivity index (χ0v) is 21.6. The Morgan fingerprint density at radius 1 is 0.815 bits per heavy atom. The van der Waals surface area contributed by atoms with Gasteiger partial charge in [0.05, 0.1) is 36.9 Å². The van der Waals surface area contributed by atoms with Crippen molar-refractivity contribution >= 4 is 20.5 Å². The first-order chi connectivity index (χ1) is 10.3. The standard InChI is InChI=1S/2C6H10O3.C2H8O2Si.2CH3.2Ti/c2*1-3-9-6(8)4-5(2)7;1-5(2,3)4;;;;/h2*4,7H,3H2,1-2H3;3-4H,1-2H3;2*1H3;;/q;;;2*-1;;. The number of allylic oxidation sites excluding steroid dienone is 2. The van der Waals surface area contributed by atoms with Crippen LogP contribution in [-0.4, -0.2) is 53.5 Å². The first-order valence-electron chi connectivity index (χ1n) is 6.86. The summed E-state index contributed by atoms with van der Waals surface area (Å²) >= 11 is 0. The summed E-state index contributed by atoms with van der Waals surface area (Å²) in [5.74, 6) is -1.07. The third kappa shape index (κ3) is 77.1. The maximum absolute atomic E-state index is 10.4. The quantitative estimate of drug-likeness (QED) is 0.159. The molecular weight excluding hydrogens is 444 g/mol. The second kappa shape index (κ2) is 27.8. The Bertz CT molecular complexity index is 362. The molecule has 160 valence electrons.